The van der Waals surface area contributed by atoms with E-state index in [1.807, 2.05) is 0 Å². The van der Waals surface area contributed by atoms with E-state index in [1.54, 1.807) is 6.07 Å². The first-order chi connectivity index (χ1) is 8.52. The van der Waals surface area contributed by atoms with Crippen molar-refractivity contribution in [2.75, 3.05) is 0 Å². The third kappa shape index (κ3) is 2.18. The third-order valence-corrected chi connectivity index (χ3v) is 2.64. The second-order valence-corrected chi connectivity index (χ2v) is 3.98. The molecule has 0 fully saturated rings. The van der Waals surface area contributed by atoms with Gasteiger partial charge in [-0.3, -0.25) is 0 Å². The minimum atomic E-state index is -1.15. The number of halogens is 4. The van der Waals surface area contributed by atoms with Gasteiger partial charge in [-0.15, -0.1) is 0 Å². The fraction of sp³-hybridized carbons (Fsp3) is 0. The van der Waals surface area contributed by atoms with Crippen LogP contribution in [0.4, 0.5) is 13.2 Å². The van der Waals surface area contributed by atoms with Crippen molar-refractivity contribution in [1.29, 1.82) is 5.26 Å². The zero-order valence-corrected chi connectivity index (χ0v) is 9.60. The van der Waals surface area contributed by atoms with Gasteiger partial charge in [-0.2, -0.15) is 5.26 Å². The van der Waals surface area contributed by atoms with Gasteiger partial charge in [0.15, 0.2) is 11.6 Å². The molecule has 0 aliphatic heterocycles. The van der Waals surface area contributed by atoms with Gasteiger partial charge in [-0.1, -0.05) is 11.6 Å². The average molecular weight is 268 g/mol. The van der Waals surface area contributed by atoms with E-state index in [2.05, 4.69) is 0 Å². The summed E-state index contributed by atoms with van der Waals surface area (Å²) in [5, 5.41) is 9.03. The number of hydrogen-bond acceptors (Lipinski definition) is 1. The highest BCUT2D eigenvalue weighted by Gasteiger charge is 2.14. The highest BCUT2D eigenvalue weighted by molar-refractivity contribution is 6.30. The zero-order chi connectivity index (χ0) is 13.3. The molecule has 0 spiro atoms. The Hall–Kier alpha value is -1.99. The Labute approximate surface area is 106 Å². The summed E-state index contributed by atoms with van der Waals surface area (Å²) >= 11 is 5.60. The van der Waals surface area contributed by atoms with Crippen LogP contribution in [0.3, 0.4) is 0 Å². The normalized spacial score (nSPS) is 10.2. The molecule has 0 radical (unpaired) electrons. The van der Waals surface area contributed by atoms with Crippen LogP contribution in [0, 0.1) is 28.8 Å². The molecule has 2 aromatic rings. The molecule has 0 saturated carbocycles. The van der Waals surface area contributed by atoms with E-state index >= 15 is 0 Å². The van der Waals surface area contributed by atoms with Gasteiger partial charge in [0.1, 0.15) is 5.82 Å². The molecular weight excluding hydrogens is 263 g/mol. The molecule has 90 valence electrons. The van der Waals surface area contributed by atoms with E-state index in [0.29, 0.717) is 0 Å². The molecule has 0 saturated heterocycles. The number of benzene rings is 2. The molecule has 1 nitrogen and oxygen atoms in total. The van der Waals surface area contributed by atoms with Crippen LogP contribution in [0.15, 0.2) is 30.3 Å². The second-order valence-electron chi connectivity index (χ2n) is 3.55. The Bertz CT molecular complexity index is 662. The van der Waals surface area contributed by atoms with Crippen molar-refractivity contribution in [2.45, 2.75) is 0 Å². The molecule has 0 unspecified atom stereocenters. The summed E-state index contributed by atoms with van der Waals surface area (Å²) in [5.41, 5.74) is -0.157. The van der Waals surface area contributed by atoms with Crippen LogP contribution in [0.25, 0.3) is 11.1 Å². The minimum Gasteiger partial charge on any atom is -0.206 e. The predicted molar refractivity (Wildman–Crippen MR) is 61.5 cm³/mol. The van der Waals surface area contributed by atoms with Gasteiger partial charge >= 0.3 is 0 Å². The molecule has 0 bridgehead atoms. The molecule has 18 heavy (non-hydrogen) atoms. The number of rotatable bonds is 1. The van der Waals surface area contributed by atoms with Crippen LogP contribution in [-0.2, 0) is 0 Å². The first-order valence-electron chi connectivity index (χ1n) is 4.87. The van der Waals surface area contributed by atoms with Gasteiger partial charge in [0, 0.05) is 16.1 Å². The summed E-state index contributed by atoms with van der Waals surface area (Å²) in [7, 11) is 0. The summed E-state index contributed by atoms with van der Waals surface area (Å²) in [6.07, 6.45) is 0. The third-order valence-electron chi connectivity index (χ3n) is 2.40. The van der Waals surface area contributed by atoms with Crippen molar-refractivity contribution >= 4 is 11.6 Å². The van der Waals surface area contributed by atoms with Crippen molar-refractivity contribution < 1.29 is 13.2 Å². The molecule has 2 rings (SSSR count). The highest BCUT2D eigenvalue weighted by atomic mass is 35.5. The topological polar surface area (TPSA) is 23.8 Å². The fourth-order valence-corrected chi connectivity index (χ4v) is 1.73. The van der Waals surface area contributed by atoms with Crippen LogP contribution in [0.2, 0.25) is 5.02 Å². The van der Waals surface area contributed by atoms with E-state index in [9.17, 15) is 13.2 Å². The Balaban J connectivity index is 2.71. The molecule has 0 N–H and O–H groups in total. The first kappa shape index (κ1) is 12.5. The summed E-state index contributed by atoms with van der Waals surface area (Å²) in [6.45, 7) is 0. The standard InChI is InChI=1S/C13H5ClF3N/c14-8-1-2-9(11(15)4-8)10-5-13(17)12(16)3-7(10)6-18/h1-5H. The maximum Gasteiger partial charge on any atom is 0.160 e. The molecule has 2 aromatic carbocycles. The Morgan fingerprint density at radius 2 is 1.56 bits per heavy atom. The maximum atomic E-state index is 13.7. The van der Waals surface area contributed by atoms with Crippen molar-refractivity contribution in [1.82, 2.24) is 0 Å². The molecule has 0 aliphatic carbocycles. The van der Waals surface area contributed by atoms with Crippen LogP contribution >= 0.6 is 11.6 Å². The van der Waals surface area contributed by atoms with Gasteiger partial charge in [-0.05, 0) is 30.3 Å². The molecule has 0 heterocycles. The van der Waals surface area contributed by atoms with Gasteiger partial charge in [0.2, 0.25) is 0 Å². The maximum absolute atomic E-state index is 13.7. The van der Waals surface area contributed by atoms with E-state index in [1.165, 1.54) is 12.1 Å². The number of nitrogens with zero attached hydrogens (tertiary/aromatic N) is 1. The zero-order valence-electron chi connectivity index (χ0n) is 8.85. The molecule has 0 amide bonds. The van der Waals surface area contributed by atoms with Gasteiger partial charge < -0.3 is 0 Å². The van der Waals surface area contributed by atoms with Crippen LogP contribution in [-0.4, -0.2) is 0 Å². The molecule has 5 heteroatoms. The molecule has 0 aromatic heterocycles. The van der Waals surface area contributed by atoms with E-state index in [-0.39, 0.29) is 21.7 Å². The lowest BCUT2D eigenvalue weighted by molar-refractivity contribution is 0.508. The lowest BCUT2D eigenvalue weighted by Gasteiger charge is -2.07. The van der Waals surface area contributed by atoms with Crippen molar-refractivity contribution in [3.05, 3.63) is 58.4 Å². The van der Waals surface area contributed by atoms with E-state index < -0.39 is 17.5 Å². The SMILES string of the molecule is N#Cc1cc(F)c(F)cc1-c1ccc(Cl)cc1F. The van der Waals surface area contributed by atoms with Gasteiger partial charge in [0.25, 0.3) is 0 Å². The predicted octanol–water partition coefficient (Wildman–Crippen LogP) is 4.30. The lowest BCUT2D eigenvalue weighted by atomic mass is 9.99. The van der Waals surface area contributed by atoms with Gasteiger partial charge in [0.05, 0.1) is 11.6 Å². The quantitative estimate of drug-likeness (QED) is 0.756. The fourth-order valence-electron chi connectivity index (χ4n) is 1.57. The largest absolute Gasteiger partial charge is 0.206 e. The monoisotopic (exact) mass is 267 g/mol. The molecule has 0 atom stereocenters. The summed E-state index contributed by atoms with van der Waals surface area (Å²) in [6, 6.07) is 6.98. The lowest BCUT2D eigenvalue weighted by Crippen LogP contribution is -1.93. The van der Waals surface area contributed by atoms with Crippen molar-refractivity contribution in [2.24, 2.45) is 0 Å². The Kier molecular flexibility index (Phi) is 3.26. The Morgan fingerprint density at radius 1 is 0.889 bits per heavy atom. The van der Waals surface area contributed by atoms with Crippen LogP contribution in [0.1, 0.15) is 5.56 Å². The number of nitriles is 1. The molecule has 0 aliphatic rings. The van der Waals surface area contributed by atoms with E-state index in [0.717, 1.165) is 18.2 Å². The summed E-state index contributed by atoms with van der Waals surface area (Å²) < 4.78 is 39.8. The second kappa shape index (κ2) is 4.71. The Morgan fingerprint density at radius 3 is 2.17 bits per heavy atom. The van der Waals surface area contributed by atoms with Crippen molar-refractivity contribution in [3.8, 4) is 17.2 Å². The molecular formula is C13H5ClF3N. The first-order valence-corrected chi connectivity index (χ1v) is 5.25. The summed E-state index contributed by atoms with van der Waals surface area (Å²) in [4.78, 5) is 0. The smallest absolute Gasteiger partial charge is 0.160 e. The van der Waals surface area contributed by atoms with Gasteiger partial charge in [-0.25, -0.2) is 13.2 Å². The van der Waals surface area contributed by atoms with E-state index in [4.69, 9.17) is 16.9 Å². The van der Waals surface area contributed by atoms with Crippen LogP contribution in [0.5, 0.6) is 0 Å². The minimum absolute atomic E-state index is 0.00477. The average Bonchev–Trinajstić information content (AvgIpc) is 2.32. The van der Waals surface area contributed by atoms with Crippen LogP contribution < -0.4 is 0 Å². The number of hydrogen-bond donors (Lipinski definition) is 0. The summed E-state index contributed by atoms with van der Waals surface area (Å²) in [5.74, 6) is -2.99. The highest BCUT2D eigenvalue weighted by Crippen LogP contribution is 2.29. The van der Waals surface area contributed by atoms with Crippen molar-refractivity contribution in [3.63, 3.8) is 0 Å².